The number of hydrogen-bond donors (Lipinski definition) is 2. The van der Waals surface area contributed by atoms with Crippen molar-refractivity contribution in [3.8, 4) is 0 Å². The molecule has 0 saturated heterocycles. The van der Waals surface area contributed by atoms with E-state index in [-0.39, 0.29) is 17.5 Å². The predicted molar refractivity (Wildman–Crippen MR) is 53.7 cm³/mol. The summed E-state index contributed by atoms with van der Waals surface area (Å²) in [4.78, 5) is 25.0. The highest BCUT2D eigenvalue weighted by Gasteiger charge is 2.06. The van der Waals surface area contributed by atoms with Gasteiger partial charge in [0.15, 0.2) is 11.7 Å². The molecular weight excluding hydrogens is 190 g/mol. The van der Waals surface area contributed by atoms with Gasteiger partial charge in [0.2, 0.25) is 5.78 Å². The Morgan fingerprint density at radius 3 is 2.46 bits per heavy atom. The van der Waals surface area contributed by atoms with Crippen molar-refractivity contribution in [1.82, 2.24) is 0 Å². The molecule has 74 valence electrons. The molecule has 0 aromatic carbocycles. The maximum absolute atomic E-state index is 10.8. The van der Waals surface area contributed by atoms with Gasteiger partial charge in [-0.15, -0.1) is 0 Å². The highest BCUT2D eigenvalue weighted by Crippen LogP contribution is 1.99. The zero-order valence-electron chi connectivity index (χ0n) is 7.45. The second-order valence-corrected chi connectivity index (χ2v) is 3.44. The first-order valence-corrected chi connectivity index (χ1v) is 4.86. The van der Waals surface area contributed by atoms with Crippen LogP contribution in [-0.4, -0.2) is 35.6 Å². The second-order valence-electron chi connectivity index (χ2n) is 2.34. The number of guanidine groups is 1. The number of rotatable bonds is 6. The molecule has 0 saturated carbocycles. The Morgan fingerprint density at radius 1 is 1.38 bits per heavy atom. The van der Waals surface area contributed by atoms with E-state index in [1.165, 1.54) is 18.7 Å². The Bertz CT molecular complexity index is 224. The molecular formula is C7H13N3O2S. The number of Topliss-reactive ketones (excluding diaryl/α,β-unsaturated/α-hetero) is 2. The summed E-state index contributed by atoms with van der Waals surface area (Å²) in [7, 11) is 0. The van der Waals surface area contributed by atoms with E-state index < -0.39 is 5.78 Å². The molecule has 13 heavy (non-hydrogen) atoms. The van der Waals surface area contributed by atoms with Gasteiger partial charge in [0, 0.05) is 12.7 Å². The smallest absolute Gasteiger partial charge is 0.207 e. The van der Waals surface area contributed by atoms with Gasteiger partial charge < -0.3 is 11.5 Å². The summed E-state index contributed by atoms with van der Waals surface area (Å²) in [6.45, 7) is 1.73. The SMILES string of the molecule is CC(=O)C(=O)CSCCN=C(N)N. The molecule has 0 rings (SSSR count). The first kappa shape index (κ1) is 12.0. The summed E-state index contributed by atoms with van der Waals surface area (Å²) in [5.74, 6) is 0.106. The van der Waals surface area contributed by atoms with Crippen molar-refractivity contribution < 1.29 is 9.59 Å². The van der Waals surface area contributed by atoms with E-state index in [1.807, 2.05) is 0 Å². The molecule has 0 aliphatic carbocycles. The van der Waals surface area contributed by atoms with Crippen molar-refractivity contribution >= 4 is 29.3 Å². The van der Waals surface area contributed by atoms with Crippen LogP contribution in [0.5, 0.6) is 0 Å². The average molecular weight is 203 g/mol. The van der Waals surface area contributed by atoms with Gasteiger partial charge in [0.05, 0.1) is 12.3 Å². The van der Waals surface area contributed by atoms with Crippen LogP contribution in [0.2, 0.25) is 0 Å². The summed E-state index contributed by atoms with van der Waals surface area (Å²) in [5.41, 5.74) is 10.2. The molecule has 0 aromatic heterocycles. The Morgan fingerprint density at radius 2 is 2.00 bits per heavy atom. The third-order valence-corrected chi connectivity index (χ3v) is 2.09. The molecule has 5 nitrogen and oxygen atoms in total. The summed E-state index contributed by atoms with van der Waals surface area (Å²) < 4.78 is 0. The molecule has 4 N–H and O–H groups in total. The number of nitrogens with two attached hydrogens (primary N) is 2. The van der Waals surface area contributed by atoms with Gasteiger partial charge in [0.1, 0.15) is 0 Å². The first-order valence-electron chi connectivity index (χ1n) is 3.71. The molecule has 0 aromatic rings. The predicted octanol–water partition coefficient (Wildman–Crippen LogP) is -0.849. The van der Waals surface area contributed by atoms with Crippen molar-refractivity contribution in [2.24, 2.45) is 16.5 Å². The fourth-order valence-electron chi connectivity index (χ4n) is 0.506. The summed E-state index contributed by atoms with van der Waals surface area (Å²) >= 11 is 1.34. The Hall–Kier alpha value is -1.04. The molecule has 0 aliphatic heterocycles. The van der Waals surface area contributed by atoms with Crippen LogP contribution in [0.3, 0.4) is 0 Å². The highest BCUT2D eigenvalue weighted by atomic mass is 32.2. The van der Waals surface area contributed by atoms with Crippen LogP contribution >= 0.6 is 11.8 Å². The third-order valence-electron chi connectivity index (χ3n) is 1.16. The number of hydrogen-bond acceptors (Lipinski definition) is 4. The minimum atomic E-state index is -0.408. The fourth-order valence-corrected chi connectivity index (χ4v) is 1.26. The Labute approximate surface area is 81.0 Å². The lowest BCUT2D eigenvalue weighted by Crippen LogP contribution is -2.23. The number of carbonyl (C=O) groups is 2. The quantitative estimate of drug-likeness (QED) is 0.253. The number of carbonyl (C=O) groups excluding carboxylic acids is 2. The van der Waals surface area contributed by atoms with Crippen molar-refractivity contribution in [1.29, 1.82) is 0 Å². The lowest BCUT2D eigenvalue weighted by molar-refractivity contribution is -0.133. The van der Waals surface area contributed by atoms with Crippen LogP contribution in [0.4, 0.5) is 0 Å². The van der Waals surface area contributed by atoms with Crippen molar-refractivity contribution in [2.75, 3.05) is 18.1 Å². The van der Waals surface area contributed by atoms with Crippen molar-refractivity contribution in [2.45, 2.75) is 6.92 Å². The van der Waals surface area contributed by atoms with Gasteiger partial charge in [-0.1, -0.05) is 0 Å². The van der Waals surface area contributed by atoms with Crippen LogP contribution in [0.15, 0.2) is 4.99 Å². The first-order chi connectivity index (χ1) is 6.04. The largest absolute Gasteiger partial charge is 0.370 e. The maximum atomic E-state index is 10.8. The second kappa shape index (κ2) is 6.47. The lowest BCUT2D eigenvalue weighted by Gasteiger charge is -1.96. The van der Waals surface area contributed by atoms with Crippen LogP contribution in [-0.2, 0) is 9.59 Å². The van der Waals surface area contributed by atoms with Gasteiger partial charge >= 0.3 is 0 Å². The topological polar surface area (TPSA) is 98.5 Å². The number of ketones is 2. The van der Waals surface area contributed by atoms with Crippen molar-refractivity contribution in [3.63, 3.8) is 0 Å². The zero-order valence-corrected chi connectivity index (χ0v) is 8.26. The van der Waals surface area contributed by atoms with Crippen LogP contribution in [0.25, 0.3) is 0 Å². The van der Waals surface area contributed by atoms with E-state index in [9.17, 15) is 9.59 Å². The van der Waals surface area contributed by atoms with E-state index in [2.05, 4.69) is 4.99 Å². The monoisotopic (exact) mass is 203 g/mol. The molecule has 0 heterocycles. The van der Waals surface area contributed by atoms with Gasteiger partial charge in [-0.2, -0.15) is 11.8 Å². The third kappa shape index (κ3) is 7.32. The molecule has 0 fully saturated rings. The maximum Gasteiger partial charge on any atom is 0.207 e. The summed E-state index contributed by atoms with van der Waals surface area (Å²) in [5, 5.41) is 0. The average Bonchev–Trinajstić information content (AvgIpc) is 2.02. The number of nitrogens with zero attached hydrogens (tertiary/aromatic N) is 1. The van der Waals surface area contributed by atoms with Gasteiger partial charge in [-0.3, -0.25) is 14.6 Å². The number of aliphatic imine (C=N–C) groups is 1. The minimum absolute atomic E-state index is 0.0403. The molecule has 6 heteroatoms. The normalized spacial score (nSPS) is 9.31. The number of thioether (sulfide) groups is 1. The van der Waals surface area contributed by atoms with E-state index in [0.29, 0.717) is 12.3 Å². The van der Waals surface area contributed by atoms with Crippen LogP contribution in [0.1, 0.15) is 6.92 Å². The molecule has 0 aliphatic rings. The Kier molecular flexibility index (Phi) is 5.96. The zero-order chi connectivity index (χ0) is 10.3. The van der Waals surface area contributed by atoms with Crippen molar-refractivity contribution in [3.05, 3.63) is 0 Å². The van der Waals surface area contributed by atoms with Gasteiger partial charge in [-0.05, 0) is 0 Å². The van der Waals surface area contributed by atoms with E-state index >= 15 is 0 Å². The fraction of sp³-hybridized carbons (Fsp3) is 0.571. The van der Waals surface area contributed by atoms with E-state index in [4.69, 9.17) is 11.5 Å². The van der Waals surface area contributed by atoms with E-state index in [0.717, 1.165) is 0 Å². The molecule has 0 amide bonds. The molecule has 0 bridgehead atoms. The van der Waals surface area contributed by atoms with E-state index in [1.54, 1.807) is 0 Å². The lowest BCUT2D eigenvalue weighted by atomic mass is 10.3. The minimum Gasteiger partial charge on any atom is -0.370 e. The van der Waals surface area contributed by atoms with Gasteiger partial charge in [0.25, 0.3) is 0 Å². The van der Waals surface area contributed by atoms with Gasteiger partial charge in [-0.25, -0.2) is 0 Å². The molecule has 0 radical (unpaired) electrons. The highest BCUT2D eigenvalue weighted by molar-refractivity contribution is 8.00. The molecule has 0 unspecified atom stereocenters. The molecule has 0 spiro atoms. The Balaban J connectivity index is 3.42. The summed E-state index contributed by atoms with van der Waals surface area (Å²) in [6, 6.07) is 0. The summed E-state index contributed by atoms with van der Waals surface area (Å²) in [6.07, 6.45) is 0. The van der Waals surface area contributed by atoms with Crippen LogP contribution in [0, 0.1) is 0 Å². The van der Waals surface area contributed by atoms with Crippen LogP contribution < -0.4 is 11.5 Å². The standard InChI is InChI=1S/C7H13N3O2S/c1-5(11)6(12)4-13-3-2-10-7(8)9/h2-4H2,1H3,(H4,8,9,10). The molecule has 0 atom stereocenters.